The molecule has 0 unspecified atom stereocenters. The molecule has 34 heavy (non-hydrogen) atoms. The van der Waals surface area contributed by atoms with E-state index in [4.69, 9.17) is 0 Å². The predicted molar refractivity (Wildman–Crippen MR) is 132 cm³/mol. The van der Waals surface area contributed by atoms with Gasteiger partial charge in [0.1, 0.15) is 12.2 Å². The summed E-state index contributed by atoms with van der Waals surface area (Å²) in [7, 11) is 0. The number of carbonyl (C=O) groups excluding carboxylic acids is 3. The smallest absolute Gasteiger partial charge is 0.270 e. The van der Waals surface area contributed by atoms with Gasteiger partial charge in [0, 0.05) is 43.6 Å². The van der Waals surface area contributed by atoms with Crippen molar-refractivity contribution < 1.29 is 14.4 Å². The average molecular weight is 459 g/mol. The zero-order valence-electron chi connectivity index (χ0n) is 19.9. The van der Waals surface area contributed by atoms with Gasteiger partial charge < -0.3 is 19.7 Å². The third-order valence-electron chi connectivity index (χ3n) is 6.18. The van der Waals surface area contributed by atoms with E-state index in [2.05, 4.69) is 5.32 Å². The highest BCUT2D eigenvalue weighted by Crippen LogP contribution is 2.22. The van der Waals surface area contributed by atoms with Crippen LogP contribution >= 0.6 is 0 Å². The van der Waals surface area contributed by atoms with Crippen LogP contribution < -0.4 is 5.32 Å². The Morgan fingerprint density at radius 1 is 0.794 bits per heavy atom. The monoisotopic (exact) mass is 458 g/mol. The van der Waals surface area contributed by atoms with E-state index in [1.807, 2.05) is 51.1 Å². The molecule has 7 heteroatoms. The first kappa shape index (κ1) is 23.3. The van der Waals surface area contributed by atoms with Crippen LogP contribution in [0, 0.1) is 20.8 Å². The molecule has 0 atom stereocenters. The Hall–Kier alpha value is -3.87. The van der Waals surface area contributed by atoms with Gasteiger partial charge in [-0.15, -0.1) is 0 Å². The highest BCUT2D eigenvalue weighted by molar-refractivity contribution is 5.96. The zero-order valence-corrected chi connectivity index (χ0v) is 19.9. The number of nitrogens with zero attached hydrogens (tertiary/aromatic N) is 3. The molecule has 1 saturated heterocycles. The average Bonchev–Trinajstić information content (AvgIpc) is 3.29. The second-order valence-corrected chi connectivity index (χ2v) is 8.79. The lowest BCUT2D eigenvalue weighted by Gasteiger charge is -2.35. The van der Waals surface area contributed by atoms with Gasteiger partial charge in [-0.3, -0.25) is 14.4 Å². The molecule has 1 fully saturated rings. The number of hydrogen-bond acceptors (Lipinski definition) is 3. The van der Waals surface area contributed by atoms with Gasteiger partial charge in [-0.1, -0.05) is 35.9 Å². The number of anilines is 1. The molecule has 2 aromatic carbocycles. The fourth-order valence-corrected chi connectivity index (χ4v) is 4.49. The van der Waals surface area contributed by atoms with Crippen LogP contribution in [0.15, 0.2) is 60.8 Å². The quantitative estimate of drug-likeness (QED) is 0.634. The molecule has 1 aliphatic rings. The SMILES string of the molecule is Cc1cc(C)c(NC(=O)Cn2cccc2C(=O)N2CCN(C(=O)c3ccccc3)CC2)c(C)c1. The van der Waals surface area contributed by atoms with Gasteiger partial charge in [-0.2, -0.15) is 0 Å². The summed E-state index contributed by atoms with van der Waals surface area (Å²) in [6.45, 7) is 7.89. The molecule has 7 nitrogen and oxygen atoms in total. The van der Waals surface area contributed by atoms with Crippen LogP contribution in [0.3, 0.4) is 0 Å². The fourth-order valence-electron chi connectivity index (χ4n) is 4.49. The largest absolute Gasteiger partial charge is 0.335 e. The van der Waals surface area contributed by atoms with Gasteiger partial charge in [-0.05, 0) is 56.2 Å². The summed E-state index contributed by atoms with van der Waals surface area (Å²) in [4.78, 5) is 42.1. The molecular weight excluding hydrogens is 428 g/mol. The van der Waals surface area contributed by atoms with Gasteiger partial charge in [-0.25, -0.2) is 0 Å². The van der Waals surface area contributed by atoms with Crippen LogP contribution in [0.2, 0.25) is 0 Å². The van der Waals surface area contributed by atoms with E-state index < -0.39 is 0 Å². The molecule has 1 aromatic heterocycles. The van der Waals surface area contributed by atoms with Gasteiger partial charge in [0.15, 0.2) is 0 Å². The van der Waals surface area contributed by atoms with Crippen LogP contribution in [0.25, 0.3) is 0 Å². The molecule has 3 aromatic rings. The maximum atomic E-state index is 13.2. The summed E-state index contributed by atoms with van der Waals surface area (Å²) >= 11 is 0. The van der Waals surface area contributed by atoms with Crippen LogP contribution in [0.1, 0.15) is 37.5 Å². The Labute approximate surface area is 200 Å². The first-order valence-corrected chi connectivity index (χ1v) is 11.5. The summed E-state index contributed by atoms with van der Waals surface area (Å²) in [5.41, 5.74) is 5.11. The molecule has 4 rings (SSSR count). The topological polar surface area (TPSA) is 74.7 Å². The maximum Gasteiger partial charge on any atom is 0.270 e. The van der Waals surface area contributed by atoms with Crippen molar-refractivity contribution >= 4 is 23.4 Å². The molecule has 0 radical (unpaired) electrons. The Morgan fingerprint density at radius 2 is 1.38 bits per heavy atom. The van der Waals surface area contributed by atoms with Crippen LogP contribution in [0.4, 0.5) is 5.69 Å². The van der Waals surface area contributed by atoms with E-state index in [1.54, 1.807) is 44.8 Å². The van der Waals surface area contributed by atoms with Crippen LogP contribution in [-0.4, -0.2) is 58.3 Å². The molecule has 1 N–H and O–H groups in total. The Kier molecular flexibility index (Phi) is 6.82. The molecule has 176 valence electrons. The second kappa shape index (κ2) is 9.95. The number of rotatable bonds is 5. The molecule has 0 aliphatic carbocycles. The van der Waals surface area contributed by atoms with Crippen molar-refractivity contribution in [2.75, 3.05) is 31.5 Å². The third-order valence-corrected chi connectivity index (χ3v) is 6.18. The number of hydrogen-bond donors (Lipinski definition) is 1. The van der Waals surface area contributed by atoms with Crippen molar-refractivity contribution in [3.05, 3.63) is 88.7 Å². The summed E-state index contributed by atoms with van der Waals surface area (Å²) < 4.78 is 1.68. The van der Waals surface area contributed by atoms with Crippen molar-refractivity contribution in [2.24, 2.45) is 0 Å². The van der Waals surface area contributed by atoms with E-state index >= 15 is 0 Å². The van der Waals surface area contributed by atoms with E-state index in [0.717, 1.165) is 22.4 Å². The first-order valence-electron chi connectivity index (χ1n) is 11.5. The predicted octanol–water partition coefficient (Wildman–Crippen LogP) is 3.65. The highest BCUT2D eigenvalue weighted by atomic mass is 16.2. The molecule has 0 spiro atoms. The van der Waals surface area contributed by atoms with Crippen molar-refractivity contribution in [1.82, 2.24) is 14.4 Å². The molecule has 0 bridgehead atoms. The minimum Gasteiger partial charge on any atom is -0.335 e. The van der Waals surface area contributed by atoms with Gasteiger partial charge in [0.25, 0.3) is 11.8 Å². The minimum absolute atomic E-state index is 0.0190. The number of aromatic nitrogens is 1. The van der Waals surface area contributed by atoms with Gasteiger partial charge in [0.05, 0.1) is 0 Å². The molecule has 0 saturated carbocycles. The Balaban J connectivity index is 1.37. The second-order valence-electron chi connectivity index (χ2n) is 8.79. The van der Waals surface area contributed by atoms with E-state index in [1.165, 1.54) is 0 Å². The molecule has 3 amide bonds. The van der Waals surface area contributed by atoms with E-state index in [0.29, 0.717) is 37.4 Å². The summed E-state index contributed by atoms with van der Waals surface area (Å²) in [5.74, 6) is -0.333. The van der Waals surface area contributed by atoms with E-state index in [9.17, 15) is 14.4 Å². The summed E-state index contributed by atoms with van der Waals surface area (Å²) in [5, 5.41) is 2.99. The van der Waals surface area contributed by atoms with Crippen LogP contribution in [0.5, 0.6) is 0 Å². The molecule has 2 heterocycles. The number of nitrogens with one attached hydrogen (secondary N) is 1. The lowest BCUT2D eigenvalue weighted by atomic mass is 10.1. The Morgan fingerprint density at radius 3 is 2.00 bits per heavy atom. The lowest BCUT2D eigenvalue weighted by Crippen LogP contribution is -2.51. The zero-order chi connectivity index (χ0) is 24.2. The van der Waals surface area contributed by atoms with E-state index in [-0.39, 0.29) is 24.3 Å². The van der Waals surface area contributed by atoms with Gasteiger partial charge in [0.2, 0.25) is 5.91 Å². The van der Waals surface area contributed by atoms with Crippen molar-refractivity contribution in [1.29, 1.82) is 0 Å². The van der Waals surface area contributed by atoms with Crippen LogP contribution in [-0.2, 0) is 11.3 Å². The van der Waals surface area contributed by atoms with Crippen molar-refractivity contribution in [3.63, 3.8) is 0 Å². The summed E-state index contributed by atoms with van der Waals surface area (Å²) in [6, 6.07) is 16.8. The van der Waals surface area contributed by atoms with Crippen molar-refractivity contribution in [2.45, 2.75) is 27.3 Å². The maximum absolute atomic E-state index is 13.2. The normalized spacial score (nSPS) is 13.6. The standard InChI is InChI=1S/C27H30N4O3/c1-19-16-20(2)25(21(3)17-19)28-24(32)18-31-11-7-10-23(31)27(34)30-14-12-29(13-15-30)26(33)22-8-5-4-6-9-22/h4-11,16-17H,12-15,18H2,1-3H3,(H,28,32). The Bertz CT molecular complexity index is 1180. The number of benzene rings is 2. The molecule has 1 aliphatic heterocycles. The minimum atomic E-state index is -0.182. The van der Waals surface area contributed by atoms with Gasteiger partial charge >= 0.3 is 0 Å². The lowest BCUT2D eigenvalue weighted by molar-refractivity contribution is -0.116. The highest BCUT2D eigenvalue weighted by Gasteiger charge is 2.27. The van der Waals surface area contributed by atoms with Crippen molar-refractivity contribution in [3.8, 4) is 0 Å². The third kappa shape index (κ3) is 5.03. The fraction of sp³-hybridized carbons (Fsp3) is 0.296. The first-order chi connectivity index (χ1) is 16.3. The number of piperazine rings is 1. The summed E-state index contributed by atoms with van der Waals surface area (Å²) in [6.07, 6.45) is 1.75. The number of aryl methyl sites for hydroxylation is 3. The number of carbonyl (C=O) groups is 3. The number of amides is 3. The molecular formula is C27H30N4O3.